The maximum Gasteiger partial charge on any atom is 0.121 e. The van der Waals surface area contributed by atoms with E-state index in [4.69, 9.17) is 0 Å². The van der Waals surface area contributed by atoms with Crippen molar-refractivity contribution in [1.29, 1.82) is 0 Å². The molecule has 16 heavy (non-hydrogen) atoms. The zero-order chi connectivity index (χ0) is 12.1. The van der Waals surface area contributed by atoms with E-state index in [-0.39, 0.29) is 12.8 Å². The van der Waals surface area contributed by atoms with Gasteiger partial charge in [-0.1, -0.05) is 12.2 Å². The Morgan fingerprint density at radius 1 is 1.00 bits per heavy atom. The van der Waals surface area contributed by atoms with Crippen LogP contribution >= 0.6 is 0 Å². The number of hydrogen-bond donors (Lipinski definition) is 3. The summed E-state index contributed by atoms with van der Waals surface area (Å²) in [4.78, 5) is 0. The largest absolute Gasteiger partial charge is 0.375 e. The van der Waals surface area contributed by atoms with Crippen LogP contribution in [0.4, 0.5) is 8.78 Å². The molecule has 0 saturated carbocycles. The molecule has 0 aromatic carbocycles. The van der Waals surface area contributed by atoms with Crippen molar-refractivity contribution >= 4 is 0 Å². The quantitative estimate of drug-likeness (QED) is 0.695. The molecule has 0 aromatic rings. The lowest BCUT2D eigenvalue weighted by atomic mass is 9.89. The first-order valence-corrected chi connectivity index (χ1v) is 5.28. The molecule has 0 amide bonds. The molecular weight excluding hydrogens is 216 g/mol. The van der Waals surface area contributed by atoms with Gasteiger partial charge in [0.2, 0.25) is 0 Å². The molecule has 2 unspecified atom stereocenters. The Kier molecular flexibility index (Phi) is 4.58. The molecule has 1 aliphatic rings. The fraction of sp³-hybridized carbons (Fsp3) is 0.636. The van der Waals surface area contributed by atoms with Crippen LogP contribution in [0.25, 0.3) is 0 Å². The van der Waals surface area contributed by atoms with Gasteiger partial charge < -0.3 is 10.2 Å². The lowest BCUT2D eigenvalue weighted by molar-refractivity contribution is -0.133. The topological polar surface area (TPSA) is 52.5 Å². The lowest BCUT2D eigenvalue weighted by Crippen LogP contribution is -2.61. The van der Waals surface area contributed by atoms with E-state index in [0.717, 1.165) is 0 Å². The van der Waals surface area contributed by atoms with Crippen LogP contribution in [0, 0.1) is 0 Å². The maximum absolute atomic E-state index is 11.9. The molecular formula is C11H17F2NO2. The molecule has 1 rings (SSSR count). The monoisotopic (exact) mass is 233 g/mol. The second-order valence-corrected chi connectivity index (χ2v) is 4.17. The summed E-state index contributed by atoms with van der Waals surface area (Å²) < 4.78 is 23.7. The molecule has 1 aliphatic heterocycles. The lowest BCUT2D eigenvalue weighted by Gasteiger charge is -2.43. The molecule has 2 atom stereocenters. The van der Waals surface area contributed by atoms with Gasteiger partial charge in [0.05, 0.1) is 12.7 Å². The van der Waals surface area contributed by atoms with Crippen LogP contribution in [-0.2, 0) is 0 Å². The smallest absolute Gasteiger partial charge is 0.121 e. The van der Waals surface area contributed by atoms with E-state index in [1.165, 1.54) is 12.2 Å². The van der Waals surface area contributed by atoms with Crippen molar-refractivity contribution in [3.63, 3.8) is 0 Å². The van der Waals surface area contributed by atoms with E-state index in [1.54, 1.807) is 0 Å². The standard InChI is InChI=1S/C11H17F2NO2/c12-8-2-6-10(15)4-1-5-11(16,14-10)7-3-9-13/h2-3,8-9,14-16H,1,4-7H2. The van der Waals surface area contributed by atoms with Gasteiger partial charge in [-0.25, -0.2) is 8.78 Å². The molecule has 1 fully saturated rings. The van der Waals surface area contributed by atoms with Crippen LogP contribution in [-0.4, -0.2) is 21.7 Å². The van der Waals surface area contributed by atoms with Crippen molar-refractivity contribution < 1.29 is 19.0 Å². The molecule has 5 heteroatoms. The third kappa shape index (κ3) is 3.66. The minimum Gasteiger partial charge on any atom is -0.375 e. The SMILES string of the molecule is OC1(CC=CF)CCCC(O)(CC=CF)N1. The molecule has 0 aromatic heterocycles. The van der Waals surface area contributed by atoms with Gasteiger partial charge in [0, 0.05) is 12.8 Å². The molecule has 1 heterocycles. The van der Waals surface area contributed by atoms with Crippen LogP contribution in [0.3, 0.4) is 0 Å². The van der Waals surface area contributed by atoms with Gasteiger partial charge >= 0.3 is 0 Å². The molecule has 1 saturated heterocycles. The Balaban J connectivity index is 2.63. The predicted molar refractivity (Wildman–Crippen MR) is 56.6 cm³/mol. The van der Waals surface area contributed by atoms with Gasteiger partial charge in [-0.05, 0) is 19.3 Å². The summed E-state index contributed by atoms with van der Waals surface area (Å²) in [6.45, 7) is 0. The first kappa shape index (κ1) is 13.3. The summed E-state index contributed by atoms with van der Waals surface area (Å²) in [7, 11) is 0. The van der Waals surface area contributed by atoms with E-state index in [9.17, 15) is 19.0 Å². The second kappa shape index (κ2) is 5.52. The fourth-order valence-corrected chi connectivity index (χ4v) is 2.02. The van der Waals surface area contributed by atoms with Gasteiger partial charge in [0.15, 0.2) is 0 Å². The predicted octanol–water partition coefficient (Wildman–Crippen LogP) is 1.88. The van der Waals surface area contributed by atoms with Gasteiger partial charge in [-0.3, -0.25) is 5.32 Å². The van der Waals surface area contributed by atoms with E-state index in [2.05, 4.69) is 5.32 Å². The minimum absolute atomic E-state index is 0.0746. The highest BCUT2D eigenvalue weighted by Gasteiger charge is 2.40. The van der Waals surface area contributed by atoms with Crippen molar-refractivity contribution in [2.75, 3.05) is 0 Å². The van der Waals surface area contributed by atoms with Crippen LogP contribution in [0.2, 0.25) is 0 Å². The number of rotatable bonds is 4. The van der Waals surface area contributed by atoms with Crippen molar-refractivity contribution in [2.24, 2.45) is 0 Å². The fourth-order valence-electron chi connectivity index (χ4n) is 2.02. The zero-order valence-electron chi connectivity index (χ0n) is 9.00. The summed E-state index contributed by atoms with van der Waals surface area (Å²) >= 11 is 0. The maximum atomic E-state index is 11.9. The molecule has 0 aliphatic carbocycles. The third-order valence-electron chi connectivity index (χ3n) is 2.74. The van der Waals surface area contributed by atoms with Gasteiger partial charge in [0.1, 0.15) is 11.4 Å². The van der Waals surface area contributed by atoms with E-state index >= 15 is 0 Å². The molecule has 0 radical (unpaired) electrons. The normalized spacial score (nSPS) is 36.2. The average molecular weight is 233 g/mol. The Morgan fingerprint density at radius 2 is 1.44 bits per heavy atom. The van der Waals surface area contributed by atoms with Crippen molar-refractivity contribution in [2.45, 2.75) is 43.6 Å². The molecule has 0 bridgehead atoms. The van der Waals surface area contributed by atoms with E-state index < -0.39 is 11.4 Å². The van der Waals surface area contributed by atoms with Crippen molar-refractivity contribution in [3.8, 4) is 0 Å². The second-order valence-electron chi connectivity index (χ2n) is 4.17. The van der Waals surface area contributed by atoms with Gasteiger partial charge in [-0.2, -0.15) is 0 Å². The number of aliphatic hydroxyl groups is 2. The number of halogens is 2. The molecule has 3 N–H and O–H groups in total. The summed E-state index contributed by atoms with van der Waals surface area (Å²) in [6, 6.07) is 0. The highest BCUT2D eigenvalue weighted by molar-refractivity contribution is 4.97. The van der Waals surface area contributed by atoms with Crippen molar-refractivity contribution in [3.05, 3.63) is 24.8 Å². The van der Waals surface area contributed by atoms with Crippen LogP contribution in [0.5, 0.6) is 0 Å². The Morgan fingerprint density at radius 3 is 1.81 bits per heavy atom. The highest BCUT2D eigenvalue weighted by Crippen LogP contribution is 2.30. The van der Waals surface area contributed by atoms with E-state index in [0.29, 0.717) is 31.9 Å². The Labute approximate surface area is 93.5 Å². The van der Waals surface area contributed by atoms with Gasteiger partial charge in [0.25, 0.3) is 0 Å². The van der Waals surface area contributed by atoms with Crippen LogP contribution in [0.15, 0.2) is 24.8 Å². The molecule has 92 valence electrons. The first-order valence-electron chi connectivity index (χ1n) is 5.28. The summed E-state index contributed by atoms with van der Waals surface area (Å²) in [5.74, 6) is 0. The molecule has 0 spiro atoms. The zero-order valence-corrected chi connectivity index (χ0v) is 9.00. The van der Waals surface area contributed by atoms with E-state index in [1.807, 2.05) is 0 Å². The van der Waals surface area contributed by atoms with Gasteiger partial charge in [-0.15, -0.1) is 0 Å². The Hall–Kier alpha value is -0.780. The summed E-state index contributed by atoms with van der Waals surface area (Å²) in [5.41, 5.74) is -2.64. The third-order valence-corrected chi connectivity index (χ3v) is 2.74. The van der Waals surface area contributed by atoms with Crippen LogP contribution < -0.4 is 5.32 Å². The number of hydrogen-bond acceptors (Lipinski definition) is 3. The minimum atomic E-state index is -1.32. The Bertz CT molecular complexity index is 257. The highest BCUT2D eigenvalue weighted by atomic mass is 19.1. The average Bonchev–Trinajstić information content (AvgIpc) is 2.24. The summed E-state index contributed by atoms with van der Waals surface area (Å²) in [5, 5.41) is 22.7. The molecule has 3 nitrogen and oxygen atoms in total. The van der Waals surface area contributed by atoms with Crippen LogP contribution in [0.1, 0.15) is 32.1 Å². The summed E-state index contributed by atoms with van der Waals surface area (Å²) in [6.07, 6.45) is 4.69. The number of piperidine rings is 1. The first-order chi connectivity index (χ1) is 7.54. The van der Waals surface area contributed by atoms with Crippen molar-refractivity contribution in [1.82, 2.24) is 5.32 Å². The number of nitrogens with one attached hydrogen (secondary N) is 1.